The van der Waals surface area contributed by atoms with Crippen molar-refractivity contribution in [2.75, 3.05) is 31.1 Å². The molecule has 1 aliphatic heterocycles. The second-order valence-electron chi connectivity index (χ2n) is 6.29. The van der Waals surface area contributed by atoms with E-state index in [0.717, 1.165) is 31.0 Å². The van der Waals surface area contributed by atoms with Crippen molar-refractivity contribution in [1.82, 2.24) is 9.88 Å². The van der Waals surface area contributed by atoms with Gasteiger partial charge in [-0.15, -0.1) is 0 Å². The summed E-state index contributed by atoms with van der Waals surface area (Å²) in [6.07, 6.45) is -3.60. The van der Waals surface area contributed by atoms with Crippen LogP contribution in [0.25, 0.3) is 0 Å². The van der Waals surface area contributed by atoms with Crippen molar-refractivity contribution in [3.8, 4) is 0 Å². The Kier molecular flexibility index (Phi) is 5.94. The maximum atomic E-state index is 12.7. The zero-order valence-corrected chi connectivity index (χ0v) is 15.6. The molecule has 144 valence electrons. The molecule has 1 amide bonds. The number of thioether (sulfide) groups is 1. The largest absolute Gasteiger partial charge is 0.417 e. The van der Waals surface area contributed by atoms with Crippen LogP contribution < -0.4 is 4.90 Å². The van der Waals surface area contributed by atoms with Gasteiger partial charge in [0.25, 0.3) is 0 Å². The number of halogens is 3. The molecule has 0 spiro atoms. The molecule has 8 heteroatoms. The monoisotopic (exact) mass is 395 g/mol. The van der Waals surface area contributed by atoms with Crippen LogP contribution in [0, 0.1) is 0 Å². The van der Waals surface area contributed by atoms with Crippen LogP contribution in [-0.4, -0.2) is 47.2 Å². The van der Waals surface area contributed by atoms with Gasteiger partial charge in [-0.3, -0.25) is 4.79 Å². The molecule has 0 N–H and O–H groups in total. The highest BCUT2D eigenvalue weighted by molar-refractivity contribution is 8.00. The molecule has 27 heavy (non-hydrogen) atoms. The van der Waals surface area contributed by atoms with Crippen molar-refractivity contribution < 1.29 is 18.0 Å². The van der Waals surface area contributed by atoms with E-state index in [9.17, 15) is 18.0 Å². The van der Waals surface area contributed by atoms with Crippen molar-refractivity contribution in [1.29, 1.82) is 0 Å². The predicted octanol–water partition coefficient (Wildman–Crippen LogP) is 3.93. The number of hydrogen-bond donors (Lipinski definition) is 0. The number of hydrogen-bond acceptors (Lipinski definition) is 4. The normalized spacial score (nSPS) is 16.3. The Balaban J connectivity index is 1.54. The Labute approximate surface area is 160 Å². The highest BCUT2D eigenvalue weighted by Gasteiger charge is 2.31. The van der Waals surface area contributed by atoms with Gasteiger partial charge in [0, 0.05) is 38.1 Å². The topological polar surface area (TPSA) is 36.4 Å². The fourth-order valence-corrected chi connectivity index (χ4v) is 3.80. The summed E-state index contributed by atoms with van der Waals surface area (Å²) in [6, 6.07) is 12.3. The van der Waals surface area contributed by atoms with E-state index in [4.69, 9.17) is 0 Å². The first kappa shape index (κ1) is 19.5. The van der Waals surface area contributed by atoms with Gasteiger partial charge in [0.05, 0.1) is 15.8 Å². The molecule has 1 atom stereocenters. The molecule has 0 bridgehead atoms. The van der Waals surface area contributed by atoms with Crippen LogP contribution in [0.1, 0.15) is 12.5 Å². The number of benzene rings is 1. The van der Waals surface area contributed by atoms with Gasteiger partial charge in [-0.05, 0) is 31.2 Å². The lowest BCUT2D eigenvalue weighted by Crippen LogP contribution is -2.50. The summed E-state index contributed by atoms with van der Waals surface area (Å²) < 4.78 is 37.8. The van der Waals surface area contributed by atoms with Crippen molar-refractivity contribution in [3.63, 3.8) is 0 Å². The number of rotatable bonds is 4. The minimum Gasteiger partial charge on any atom is -0.368 e. The molecule has 1 unspecified atom stereocenters. The van der Waals surface area contributed by atoms with Gasteiger partial charge >= 0.3 is 6.18 Å². The summed E-state index contributed by atoms with van der Waals surface area (Å²) in [5.41, 5.74) is 0.351. The Morgan fingerprint density at radius 2 is 1.74 bits per heavy atom. The number of carbonyl (C=O) groups excluding carboxylic acids is 1. The predicted molar refractivity (Wildman–Crippen MR) is 99.8 cm³/mol. The number of aromatic nitrogens is 1. The van der Waals surface area contributed by atoms with Gasteiger partial charge in [0.1, 0.15) is 0 Å². The quantitative estimate of drug-likeness (QED) is 0.735. The van der Waals surface area contributed by atoms with Crippen molar-refractivity contribution >= 4 is 23.4 Å². The number of para-hydroxylation sites is 1. The van der Waals surface area contributed by atoms with Crippen LogP contribution in [0.4, 0.5) is 18.9 Å². The van der Waals surface area contributed by atoms with E-state index in [1.54, 1.807) is 11.8 Å². The van der Waals surface area contributed by atoms with Crippen molar-refractivity contribution in [3.05, 3.63) is 54.2 Å². The molecule has 1 aromatic carbocycles. The fourth-order valence-electron chi connectivity index (χ4n) is 2.93. The summed E-state index contributed by atoms with van der Waals surface area (Å²) in [5, 5.41) is 0.00397. The fraction of sp³-hybridized carbons (Fsp3) is 0.368. The second kappa shape index (κ2) is 8.21. The minimum atomic E-state index is -4.41. The SMILES string of the molecule is CC(Sc1ccc(C(F)(F)F)cn1)C(=O)N1CCN(c2ccccc2)CC1. The van der Waals surface area contributed by atoms with Crippen LogP contribution in [0.5, 0.6) is 0 Å². The molecule has 2 aromatic rings. The van der Waals surface area contributed by atoms with E-state index in [1.165, 1.54) is 17.8 Å². The molecule has 4 nitrogen and oxygen atoms in total. The highest BCUT2D eigenvalue weighted by Crippen LogP contribution is 2.30. The van der Waals surface area contributed by atoms with Gasteiger partial charge in [0.15, 0.2) is 0 Å². The molecule has 0 radical (unpaired) electrons. The van der Waals surface area contributed by atoms with Gasteiger partial charge in [-0.25, -0.2) is 4.98 Å². The van der Waals surface area contributed by atoms with E-state index in [-0.39, 0.29) is 5.91 Å². The number of pyridine rings is 1. The standard InChI is InChI=1S/C19H20F3N3OS/c1-14(27-17-8-7-15(13-23-17)19(20,21)22)18(26)25-11-9-24(10-12-25)16-5-3-2-4-6-16/h2-8,13-14H,9-12H2,1H3. The van der Waals surface area contributed by atoms with E-state index in [1.807, 2.05) is 30.3 Å². The number of alkyl halides is 3. The lowest BCUT2D eigenvalue weighted by molar-refractivity contribution is -0.138. The molecular weight excluding hydrogens is 375 g/mol. The van der Waals surface area contributed by atoms with Crippen molar-refractivity contribution in [2.45, 2.75) is 23.4 Å². The third-order valence-electron chi connectivity index (χ3n) is 4.42. The summed E-state index contributed by atoms with van der Waals surface area (Å²) in [7, 11) is 0. The summed E-state index contributed by atoms with van der Waals surface area (Å²) in [4.78, 5) is 20.5. The number of amides is 1. The third kappa shape index (κ3) is 4.94. The van der Waals surface area contributed by atoms with Crippen LogP contribution >= 0.6 is 11.8 Å². The van der Waals surface area contributed by atoms with E-state index >= 15 is 0 Å². The van der Waals surface area contributed by atoms with Gasteiger partial charge in [-0.1, -0.05) is 30.0 Å². The number of piperazine rings is 1. The average molecular weight is 395 g/mol. The zero-order valence-electron chi connectivity index (χ0n) is 14.8. The molecule has 0 aliphatic carbocycles. The summed E-state index contributed by atoms with van der Waals surface area (Å²) in [5.74, 6) is -0.0191. The molecule has 1 saturated heterocycles. The van der Waals surface area contributed by atoms with Gasteiger partial charge < -0.3 is 9.80 Å². The third-order valence-corrected chi connectivity index (χ3v) is 5.46. The smallest absolute Gasteiger partial charge is 0.368 e. The van der Waals surface area contributed by atoms with Crippen LogP contribution in [0.2, 0.25) is 0 Å². The Morgan fingerprint density at radius 1 is 1.07 bits per heavy atom. The number of carbonyl (C=O) groups is 1. The molecule has 3 rings (SSSR count). The average Bonchev–Trinajstić information content (AvgIpc) is 2.68. The number of nitrogens with zero attached hydrogens (tertiary/aromatic N) is 3. The lowest BCUT2D eigenvalue weighted by Gasteiger charge is -2.37. The van der Waals surface area contributed by atoms with Gasteiger partial charge in [-0.2, -0.15) is 13.2 Å². The molecule has 1 aliphatic rings. The first-order valence-electron chi connectivity index (χ1n) is 8.63. The van der Waals surface area contributed by atoms with E-state index in [2.05, 4.69) is 9.88 Å². The minimum absolute atomic E-state index is 0.0191. The van der Waals surface area contributed by atoms with Crippen LogP contribution in [0.3, 0.4) is 0 Å². The molecular formula is C19H20F3N3OS. The van der Waals surface area contributed by atoms with E-state index in [0.29, 0.717) is 18.1 Å². The van der Waals surface area contributed by atoms with Crippen molar-refractivity contribution in [2.24, 2.45) is 0 Å². The molecule has 0 saturated carbocycles. The lowest BCUT2D eigenvalue weighted by atomic mass is 10.2. The molecule has 1 aromatic heterocycles. The molecule has 2 heterocycles. The second-order valence-corrected chi connectivity index (χ2v) is 7.65. The maximum absolute atomic E-state index is 12.7. The zero-order chi connectivity index (χ0) is 19.4. The van der Waals surface area contributed by atoms with Crippen LogP contribution in [-0.2, 0) is 11.0 Å². The number of anilines is 1. The summed E-state index contributed by atoms with van der Waals surface area (Å²) in [6.45, 7) is 4.52. The Morgan fingerprint density at radius 3 is 2.30 bits per heavy atom. The Hall–Kier alpha value is -2.22. The van der Waals surface area contributed by atoms with E-state index < -0.39 is 17.0 Å². The molecule has 1 fully saturated rings. The summed E-state index contributed by atoms with van der Waals surface area (Å²) >= 11 is 1.18. The Bertz CT molecular complexity index is 760. The first-order valence-corrected chi connectivity index (χ1v) is 9.51. The van der Waals surface area contributed by atoms with Crippen LogP contribution in [0.15, 0.2) is 53.7 Å². The van der Waals surface area contributed by atoms with Gasteiger partial charge in [0.2, 0.25) is 5.91 Å². The maximum Gasteiger partial charge on any atom is 0.417 e. The highest BCUT2D eigenvalue weighted by atomic mass is 32.2. The first-order chi connectivity index (χ1) is 12.8.